The van der Waals surface area contributed by atoms with E-state index in [9.17, 15) is 0 Å². The molecule has 0 N–H and O–H groups in total. The Labute approximate surface area is 87.3 Å². The molecular formula is C9H13ClS2. The van der Waals surface area contributed by atoms with Crippen molar-refractivity contribution in [1.82, 2.24) is 0 Å². The molecule has 0 amide bonds. The highest BCUT2D eigenvalue weighted by molar-refractivity contribution is 7.98. The van der Waals surface area contributed by atoms with E-state index in [0.717, 1.165) is 11.6 Å². The van der Waals surface area contributed by atoms with Gasteiger partial charge in [-0.25, -0.2) is 0 Å². The van der Waals surface area contributed by atoms with Crippen molar-refractivity contribution in [3.05, 3.63) is 22.4 Å². The van der Waals surface area contributed by atoms with Crippen molar-refractivity contribution in [3.8, 4) is 0 Å². The largest absolute Gasteiger partial charge is 0.157 e. The summed E-state index contributed by atoms with van der Waals surface area (Å²) in [5, 5.41) is 4.33. The number of halogens is 1. The Morgan fingerprint density at radius 3 is 3.08 bits per heavy atom. The molecule has 1 unspecified atom stereocenters. The van der Waals surface area contributed by atoms with Crippen LogP contribution in [0.1, 0.15) is 12.5 Å². The predicted molar refractivity (Wildman–Crippen MR) is 60.4 cm³/mol. The SMILES string of the molecule is CC(CCl)CSCc1ccsc1. The van der Waals surface area contributed by atoms with Gasteiger partial charge in [-0.3, -0.25) is 0 Å². The van der Waals surface area contributed by atoms with E-state index >= 15 is 0 Å². The van der Waals surface area contributed by atoms with Crippen molar-refractivity contribution < 1.29 is 0 Å². The van der Waals surface area contributed by atoms with Gasteiger partial charge in [0.05, 0.1) is 0 Å². The Bertz CT molecular complexity index is 196. The van der Waals surface area contributed by atoms with Gasteiger partial charge < -0.3 is 0 Å². The molecule has 1 heterocycles. The average Bonchev–Trinajstić information content (AvgIpc) is 2.57. The van der Waals surface area contributed by atoms with Gasteiger partial charge >= 0.3 is 0 Å². The van der Waals surface area contributed by atoms with Crippen LogP contribution in [0.15, 0.2) is 16.8 Å². The van der Waals surface area contributed by atoms with E-state index in [0.29, 0.717) is 5.92 Å². The van der Waals surface area contributed by atoms with Crippen LogP contribution in [0, 0.1) is 5.92 Å². The molecule has 0 aliphatic rings. The lowest BCUT2D eigenvalue weighted by Crippen LogP contribution is -1.99. The van der Waals surface area contributed by atoms with E-state index in [1.807, 2.05) is 11.8 Å². The molecule has 0 saturated carbocycles. The van der Waals surface area contributed by atoms with Gasteiger partial charge in [0.15, 0.2) is 0 Å². The van der Waals surface area contributed by atoms with Crippen molar-refractivity contribution >= 4 is 34.7 Å². The quantitative estimate of drug-likeness (QED) is 0.680. The van der Waals surface area contributed by atoms with Gasteiger partial charge in [0.25, 0.3) is 0 Å². The van der Waals surface area contributed by atoms with Crippen LogP contribution in [0.4, 0.5) is 0 Å². The zero-order valence-electron chi connectivity index (χ0n) is 7.13. The first-order valence-electron chi connectivity index (χ1n) is 3.97. The van der Waals surface area contributed by atoms with Gasteiger partial charge in [0, 0.05) is 11.6 Å². The van der Waals surface area contributed by atoms with Gasteiger partial charge in [-0.1, -0.05) is 6.92 Å². The van der Waals surface area contributed by atoms with Crippen molar-refractivity contribution in [2.24, 2.45) is 5.92 Å². The van der Waals surface area contributed by atoms with Crippen LogP contribution in [-0.4, -0.2) is 11.6 Å². The molecular weight excluding hydrogens is 208 g/mol. The van der Waals surface area contributed by atoms with Gasteiger partial charge in [-0.2, -0.15) is 23.1 Å². The first-order chi connectivity index (χ1) is 5.83. The maximum absolute atomic E-state index is 5.70. The minimum absolute atomic E-state index is 0.635. The van der Waals surface area contributed by atoms with Crippen LogP contribution in [0.5, 0.6) is 0 Å². The summed E-state index contributed by atoms with van der Waals surface area (Å²) in [5.74, 6) is 3.70. The Balaban J connectivity index is 2.11. The van der Waals surface area contributed by atoms with Gasteiger partial charge in [0.2, 0.25) is 0 Å². The lowest BCUT2D eigenvalue weighted by atomic mass is 10.3. The molecule has 68 valence electrons. The summed E-state index contributed by atoms with van der Waals surface area (Å²) in [6.07, 6.45) is 0. The summed E-state index contributed by atoms with van der Waals surface area (Å²) in [4.78, 5) is 0. The van der Waals surface area contributed by atoms with E-state index in [2.05, 4.69) is 23.8 Å². The van der Waals surface area contributed by atoms with Gasteiger partial charge in [-0.15, -0.1) is 11.6 Å². The van der Waals surface area contributed by atoms with Crippen molar-refractivity contribution in [1.29, 1.82) is 0 Å². The Hall–Kier alpha value is 0.340. The lowest BCUT2D eigenvalue weighted by Gasteiger charge is -2.05. The summed E-state index contributed by atoms with van der Waals surface area (Å²) < 4.78 is 0. The van der Waals surface area contributed by atoms with Gasteiger partial charge in [-0.05, 0) is 34.1 Å². The van der Waals surface area contributed by atoms with Crippen molar-refractivity contribution in [2.75, 3.05) is 11.6 Å². The summed E-state index contributed by atoms with van der Waals surface area (Å²) in [7, 11) is 0. The second kappa shape index (κ2) is 5.90. The second-order valence-corrected chi connectivity index (χ2v) is 5.03. The molecule has 0 nitrogen and oxygen atoms in total. The van der Waals surface area contributed by atoms with Crippen LogP contribution in [0.3, 0.4) is 0 Å². The molecule has 0 radical (unpaired) electrons. The maximum atomic E-state index is 5.70. The number of rotatable bonds is 5. The normalized spacial score (nSPS) is 13.2. The number of thiophene rings is 1. The smallest absolute Gasteiger partial charge is 0.0257 e. The number of thioether (sulfide) groups is 1. The zero-order chi connectivity index (χ0) is 8.81. The van der Waals surface area contributed by atoms with Crippen LogP contribution in [0.25, 0.3) is 0 Å². The second-order valence-electron chi connectivity index (χ2n) is 2.91. The zero-order valence-corrected chi connectivity index (χ0v) is 9.51. The third-order valence-corrected chi connectivity index (χ3v) is 4.12. The number of hydrogen-bond acceptors (Lipinski definition) is 2. The molecule has 12 heavy (non-hydrogen) atoms. The molecule has 0 spiro atoms. The van der Waals surface area contributed by atoms with E-state index < -0.39 is 0 Å². The minimum atomic E-state index is 0.635. The van der Waals surface area contributed by atoms with E-state index in [1.54, 1.807) is 11.3 Å². The van der Waals surface area contributed by atoms with Crippen molar-refractivity contribution in [3.63, 3.8) is 0 Å². The predicted octanol–water partition coefficient (Wildman–Crippen LogP) is 3.86. The molecule has 1 aromatic rings. The number of hydrogen-bond donors (Lipinski definition) is 0. The fraction of sp³-hybridized carbons (Fsp3) is 0.556. The summed E-state index contributed by atoms with van der Waals surface area (Å²) in [5.41, 5.74) is 1.44. The highest BCUT2D eigenvalue weighted by atomic mass is 35.5. The van der Waals surface area contributed by atoms with E-state index in [-0.39, 0.29) is 0 Å². The highest BCUT2D eigenvalue weighted by Crippen LogP contribution is 2.17. The topological polar surface area (TPSA) is 0 Å². The third kappa shape index (κ3) is 3.83. The monoisotopic (exact) mass is 220 g/mol. The first kappa shape index (κ1) is 10.4. The number of alkyl halides is 1. The van der Waals surface area contributed by atoms with Crippen LogP contribution in [0.2, 0.25) is 0 Å². The summed E-state index contributed by atoms with van der Waals surface area (Å²) in [6, 6.07) is 2.18. The van der Waals surface area contributed by atoms with Crippen LogP contribution in [-0.2, 0) is 5.75 Å². The lowest BCUT2D eigenvalue weighted by molar-refractivity contribution is 0.759. The summed E-state index contributed by atoms with van der Waals surface area (Å²) >= 11 is 9.43. The Morgan fingerprint density at radius 1 is 1.67 bits per heavy atom. The summed E-state index contributed by atoms with van der Waals surface area (Å²) in [6.45, 7) is 2.19. The molecule has 3 heteroatoms. The van der Waals surface area contributed by atoms with E-state index in [4.69, 9.17) is 11.6 Å². The first-order valence-corrected chi connectivity index (χ1v) is 6.61. The Morgan fingerprint density at radius 2 is 2.50 bits per heavy atom. The van der Waals surface area contributed by atoms with Crippen LogP contribution < -0.4 is 0 Å². The third-order valence-electron chi connectivity index (χ3n) is 1.51. The minimum Gasteiger partial charge on any atom is -0.157 e. The average molecular weight is 221 g/mol. The highest BCUT2D eigenvalue weighted by Gasteiger charge is 2.00. The van der Waals surface area contributed by atoms with Crippen LogP contribution >= 0.6 is 34.7 Å². The standard InChI is InChI=1S/C9H13ClS2/c1-8(4-10)5-12-7-9-2-3-11-6-9/h2-3,6,8H,4-5,7H2,1H3. The molecule has 0 bridgehead atoms. The molecule has 1 rings (SSSR count). The van der Waals surface area contributed by atoms with E-state index in [1.165, 1.54) is 11.3 Å². The molecule has 1 aromatic heterocycles. The molecule has 0 aromatic carbocycles. The van der Waals surface area contributed by atoms with Crippen molar-refractivity contribution in [2.45, 2.75) is 12.7 Å². The molecule has 0 aliphatic heterocycles. The van der Waals surface area contributed by atoms with Gasteiger partial charge in [0.1, 0.15) is 0 Å². The molecule has 1 atom stereocenters. The maximum Gasteiger partial charge on any atom is 0.0257 e. The Kier molecular flexibility index (Phi) is 5.12. The molecule has 0 saturated heterocycles. The fourth-order valence-corrected chi connectivity index (χ4v) is 2.86. The fourth-order valence-electron chi connectivity index (χ4n) is 0.797. The molecule has 0 aliphatic carbocycles. The molecule has 0 fully saturated rings.